The summed E-state index contributed by atoms with van der Waals surface area (Å²) in [5, 5.41) is 16.6. The van der Waals surface area contributed by atoms with Crippen LogP contribution in [0, 0.1) is 11.7 Å². The number of aliphatic hydroxyl groups is 1. The van der Waals surface area contributed by atoms with Gasteiger partial charge in [0, 0.05) is 43.5 Å². The lowest BCUT2D eigenvalue weighted by molar-refractivity contribution is -0.0177. The molecule has 0 saturated carbocycles. The number of anilines is 2. The van der Waals surface area contributed by atoms with E-state index < -0.39 is 17.9 Å². The molecule has 3 aromatic carbocycles. The van der Waals surface area contributed by atoms with Crippen LogP contribution in [0.3, 0.4) is 0 Å². The van der Waals surface area contributed by atoms with Gasteiger partial charge in [0.15, 0.2) is 0 Å². The van der Waals surface area contributed by atoms with Crippen molar-refractivity contribution < 1.29 is 28.6 Å². The van der Waals surface area contributed by atoms with Crippen molar-refractivity contribution in [1.29, 1.82) is 0 Å². The van der Waals surface area contributed by atoms with E-state index in [-0.39, 0.29) is 36.2 Å². The minimum absolute atomic E-state index is 0.103. The Morgan fingerprint density at radius 2 is 1.75 bits per heavy atom. The van der Waals surface area contributed by atoms with Crippen molar-refractivity contribution in [1.82, 2.24) is 9.80 Å². The van der Waals surface area contributed by atoms with Gasteiger partial charge in [-0.3, -0.25) is 9.69 Å². The first-order valence-electron chi connectivity index (χ1n) is 16.2. The Labute approximate surface area is 292 Å². The molecule has 0 bridgehead atoms. The summed E-state index contributed by atoms with van der Waals surface area (Å²) in [7, 11) is 2.01. The number of nitrogens with zero attached hydrogens (tertiary/aromatic N) is 2. The summed E-state index contributed by atoms with van der Waals surface area (Å²) in [4.78, 5) is 30.9. The minimum Gasteiger partial charge on any atom is -0.490 e. The van der Waals surface area contributed by atoms with Crippen molar-refractivity contribution >= 4 is 46.5 Å². The largest absolute Gasteiger partial charge is 0.490 e. The Hall–Kier alpha value is -3.41. The smallest absolute Gasteiger partial charge is 0.323 e. The lowest BCUT2D eigenvalue weighted by Gasteiger charge is -2.36. The second-order valence-electron chi connectivity index (χ2n) is 12.5. The van der Waals surface area contributed by atoms with Gasteiger partial charge in [-0.2, -0.15) is 0 Å². The molecule has 4 atom stereocenters. The van der Waals surface area contributed by atoms with E-state index in [1.165, 1.54) is 24.3 Å². The first-order valence-corrected chi connectivity index (χ1v) is 17.0. The second kappa shape index (κ2) is 17.8. The number of likely N-dealkylation sites (N-methyl/N-ethyl adjacent to an activating group) is 1. The molecule has 3 amide bonds. The van der Waals surface area contributed by atoms with Gasteiger partial charge in [0.25, 0.3) is 5.91 Å². The Morgan fingerprint density at radius 1 is 1.04 bits per heavy atom. The van der Waals surface area contributed by atoms with Crippen LogP contribution in [-0.4, -0.2) is 78.4 Å². The van der Waals surface area contributed by atoms with Crippen molar-refractivity contribution in [3.63, 3.8) is 0 Å². The maximum Gasteiger partial charge on any atom is 0.323 e. The van der Waals surface area contributed by atoms with Gasteiger partial charge in [-0.05, 0) is 100 Å². The van der Waals surface area contributed by atoms with Gasteiger partial charge in [0.05, 0.1) is 40.5 Å². The molecular weight excluding hydrogens is 658 g/mol. The maximum atomic E-state index is 14.3. The van der Waals surface area contributed by atoms with Gasteiger partial charge < -0.3 is 30.1 Å². The lowest BCUT2D eigenvalue weighted by Crippen LogP contribution is -2.47. The lowest BCUT2D eigenvalue weighted by atomic mass is 10.0. The van der Waals surface area contributed by atoms with Gasteiger partial charge in [-0.15, -0.1) is 0 Å². The van der Waals surface area contributed by atoms with Crippen LogP contribution >= 0.6 is 23.2 Å². The zero-order valence-electron chi connectivity index (χ0n) is 27.8. The zero-order valence-corrected chi connectivity index (χ0v) is 29.4. The Kier molecular flexibility index (Phi) is 13.9. The van der Waals surface area contributed by atoms with Gasteiger partial charge in [-0.1, -0.05) is 36.2 Å². The van der Waals surface area contributed by atoms with Gasteiger partial charge in [-0.25, -0.2) is 9.18 Å². The Bertz CT molecular complexity index is 1530. The van der Waals surface area contributed by atoms with Crippen LogP contribution in [0.2, 0.25) is 10.0 Å². The number of rotatable bonds is 8. The molecular formula is C36H45Cl2FN4O5. The molecule has 0 fully saturated rings. The predicted octanol–water partition coefficient (Wildman–Crippen LogP) is 7.70. The van der Waals surface area contributed by atoms with Crippen molar-refractivity contribution in [3.8, 4) is 5.75 Å². The summed E-state index contributed by atoms with van der Waals surface area (Å²) < 4.78 is 26.1. The van der Waals surface area contributed by atoms with Gasteiger partial charge in [0.2, 0.25) is 0 Å². The van der Waals surface area contributed by atoms with Crippen molar-refractivity contribution in [2.24, 2.45) is 5.92 Å². The highest BCUT2D eigenvalue weighted by molar-refractivity contribution is 6.42. The standard InChI is InChI=1S/C36H45Cl2FN4O5/c1-23-19-43(24(2)22-44)35(45)30-18-29(41-36(46)40-28-11-9-27(39)10-12-28)13-15-33(30)48-25(3)7-5-6-16-47-34(23)21-42(4)20-26-8-14-31(37)32(38)17-26/h8-15,17-18,23-25,34,44H,5-7,16,19-22H2,1-4H3,(H2,40,41,46)/t23-,24-,25-,34+/m0/s1. The van der Waals surface area contributed by atoms with E-state index >= 15 is 0 Å². The van der Waals surface area contributed by atoms with E-state index in [4.69, 9.17) is 32.7 Å². The number of carbonyl (C=O) groups is 2. The molecule has 12 heteroatoms. The van der Waals surface area contributed by atoms with Crippen LogP contribution in [-0.2, 0) is 11.3 Å². The number of hydrogen-bond acceptors (Lipinski definition) is 6. The number of halogens is 3. The van der Waals surface area contributed by atoms with Crippen molar-refractivity contribution in [2.75, 3.05) is 44.0 Å². The average Bonchev–Trinajstić information content (AvgIpc) is 3.05. The summed E-state index contributed by atoms with van der Waals surface area (Å²) >= 11 is 12.4. The number of hydrogen-bond donors (Lipinski definition) is 3. The minimum atomic E-state index is -0.552. The van der Waals surface area contributed by atoms with Crippen LogP contribution in [0.1, 0.15) is 56.0 Å². The maximum absolute atomic E-state index is 14.3. The fourth-order valence-electron chi connectivity index (χ4n) is 5.61. The molecule has 1 aliphatic rings. The first-order chi connectivity index (χ1) is 22.9. The zero-order chi connectivity index (χ0) is 34.8. The van der Waals surface area contributed by atoms with Crippen LogP contribution in [0.25, 0.3) is 0 Å². The van der Waals surface area contributed by atoms with Crippen LogP contribution < -0.4 is 15.4 Å². The van der Waals surface area contributed by atoms with Gasteiger partial charge in [0.1, 0.15) is 11.6 Å². The Morgan fingerprint density at radius 3 is 2.46 bits per heavy atom. The number of fused-ring (bicyclic) bond motifs is 1. The predicted molar refractivity (Wildman–Crippen MR) is 189 cm³/mol. The Balaban J connectivity index is 1.58. The highest BCUT2D eigenvalue weighted by atomic mass is 35.5. The number of benzene rings is 3. The molecule has 0 saturated heterocycles. The van der Waals surface area contributed by atoms with Crippen molar-refractivity contribution in [3.05, 3.63) is 87.7 Å². The number of nitrogens with one attached hydrogen (secondary N) is 2. The number of aliphatic hydroxyl groups excluding tert-OH is 1. The molecule has 1 heterocycles. The molecule has 0 aromatic heterocycles. The number of ether oxygens (including phenoxy) is 2. The van der Waals surface area contributed by atoms with E-state index in [0.29, 0.717) is 53.4 Å². The second-order valence-corrected chi connectivity index (χ2v) is 13.4. The molecule has 4 rings (SSSR count). The molecule has 0 radical (unpaired) electrons. The van der Waals surface area contributed by atoms with Crippen LogP contribution in [0.5, 0.6) is 5.75 Å². The third-order valence-corrected chi connectivity index (χ3v) is 9.08. The third kappa shape index (κ3) is 10.8. The monoisotopic (exact) mass is 702 g/mol. The average molecular weight is 704 g/mol. The topological polar surface area (TPSA) is 103 Å². The quantitative estimate of drug-likeness (QED) is 0.222. The summed E-state index contributed by atoms with van der Waals surface area (Å²) in [5.74, 6) is -0.462. The number of amides is 3. The fraction of sp³-hybridized carbons (Fsp3) is 0.444. The molecule has 48 heavy (non-hydrogen) atoms. The summed E-state index contributed by atoms with van der Waals surface area (Å²) in [6, 6.07) is 14.9. The molecule has 0 unspecified atom stereocenters. The molecule has 260 valence electrons. The normalized spacial score (nSPS) is 20.0. The summed E-state index contributed by atoms with van der Waals surface area (Å²) in [5.41, 5.74) is 2.07. The highest BCUT2D eigenvalue weighted by Gasteiger charge is 2.30. The van der Waals surface area contributed by atoms with Gasteiger partial charge >= 0.3 is 6.03 Å². The van der Waals surface area contributed by atoms with Crippen molar-refractivity contribution in [2.45, 2.75) is 64.8 Å². The van der Waals surface area contributed by atoms with E-state index in [0.717, 1.165) is 24.8 Å². The molecule has 9 nitrogen and oxygen atoms in total. The third-order valence-electron chi connectivity index (χ3n) is 8.34. The van der Waals surface area contributed by atoms with Crippen LogP contribution in [0.4, 0.5) is 20.6 Å². The highest BCUT2D eigenvalue weighted by Crippen LogP contribution is 2.29. The van der Waals surface area contributed by atoms with E-state index in [2.05, 4.69) is 15.5 Å². The number of carbonyl (C=O) groups excluding carboxylic acids is 2. The SMILES string of the molecule is C[C@H]1CCCCO[C@H](CN(C)Cc2ccc(Cl)c(Cl)c2)[C@@H](C)CN([C@@H](C)CO)C(=O)c2cc(NC(=O)Nc3ccc(F)cc3)ccc2O1. The number of urea groups is 1. The summed E-state index contributed by atoms with van der Waals surface area (Å²) in [6.07, 6.45) is 2.09. The van der Waals surface area contributed by atoms with E-state index in [1.807, 2.05) is 33.0 Å². The molecule has 0 aliphatic carbocycles. The van der Waals surface area contributed by atoms with E-state index in [1.54, 1.807) is 36.1 Å². The molecule has 3 N–H and O–H groups in total. The summed E-state index contributed by atoms with van der Waals surface area (Å²) in [6.45, 7) is 7.66. The fourth-order valence-corrected chi connectivity index (χ4v) is 5.93. The molecule has 0 spiro atoms. The first kappa shape index (κ1) is 37.4. The van der Waals surface area contributed by atoms with E-state index in [9.17, 15) is 19.1 Å². The van der Waals surface area contributed by atoms with Crippen LogP contribution in [0.15, 0.2) is 60.7 Å². The molecule has 3 aromatic rings. The molecule has 1 aliphatic heterocycles.